The van der Waals surface area contributed by atoms with Crippen LogP contribution < -0.4 is 4.18 Å². The summed E-state index contributed by atoms with van der Waals surface area (Å²) in [6, 6.07) is 11.3. The molecule has 0 aliphatic heterocycles. The molecule has 0 fully saturated rings. The average Bonchev–Trinajstić information content (AvgIpc) is 2.35. The van der Waals surface area contributed by atoms with Crippen molar-refractivity contribution < 1.29 is 22.8 Å². The van der Waals surface area contributed by atoms with Crippen LogP contribution in [0.4, 0.5) is 0 Å². The van der Waals surface area contributed by atoms with Gasteiger partial charge in [0.05, 0.1) is 0 Å². The Morgan fingerprint density at radius 1 is 0.833 bits per heavy atom. The molecule has 0 radical (unpaired) electrons. The Morgan fingerprint density at radius 2 is 1.39 bits per heavy atom. The smallest absolute Gasteiger partial charge is 0.339 e. The van der Waals surface area contributed by atoms with Crippen LogP contribution in [-0.4, -0.2) is 18.6 Å². The molecule has 2 rings (SSSR count). The minimum atomic E-state index is -4.08. The lowest BCUT2D eigenvalue weighted by atomic mass is 10.3. The normalized spacial score (nSPS) is 11.1. The second kappa shape index (κ2) is 4.58. The van der Waals surface area contributed by atoms with Crippen LogP contribution in [0.25, 0.3) is 0 Å². The molecule has 0 atom stereocenters. The monoisotopic (exact) mass is 266 g/mol. The highest BCUT2D eigenvalue weighted by molar-refractivity contribution is 7.87. The summed E-state index contributed by atoms with van der Waals surface area (Å²) >= 11 is 0. The van der Waals surface area contributed by atoms with Crippen molar-refractivity contribution in [2.75, 3.05) is 0 Å². The van der Waals surface area contributed by atoms with E-state index in [2.05, 4.69) is 0 Å². The molecule has 2 N–H and O–H groups in total. The van der Waals surface area contributed by atoms with E-state index >= 15 is 0 Å². The minimum Gasteiger partial charge on any atom is -0.504 e. The minimum absolute atomic E-state index is 0.0624. The number of hydrogen-bond acceptors (Lipinski definition) is 5. The Hall–Kier alpha value is -2.21. The fourth-order valence-electron chi connectivity index (χ4n) is 1.34. The van der Waals surface area contributed by atoms with Gasteiger partial charge < -0.3 is 14.4 Å². The molecular weight excluding hydrogens is 256 g/mol. The van der Waals surface area contributed by atoms with Crippen molar-refractivity contribution in [3.8, 4) is 17.2 Å². The maximum atomic E-state index is 11.9. The van der Waals surface area contributed by atoms with Gasteiger partial charge in [0.1, 0.15) is 4.90 Å². The van der Waals surface area contributed by atoms with Crippen LogP contribution in [0.5, 0.6) is 17.2 Å². The van der Waals surface area contributed by atoms with E-state index in [1.54, 1.807) is 18.2 Å². The molecule has 0 aromatic heterocycles. The van der Waals surface area contributed by atoms with Crippen LogP contribution in [0, 0.1) is 0 Å². The van der Waals surface area contributed by atoms with E-state index in [-0.39, 0.29) is 4.90 Å². The van der Waals surface area contributed by atoms with E-state index in [0.717, 1.165) is 0 Å². The van der Waals surface area contributed by atoms with Crippen molar-refractivity contribution in [2.45, 2.75) is 4.90 Å². The SMILES string of the molecule is O=S(=O)(Oc1c(O)cccc1O)c1ccccc1. The van der Waals surface area contributed by atoms with Gasteiger partial charge in [0.2, 0.25) is 5.75 Å². The van der Waals surface area contributed by atoms with Crippen molar-refractivity contribution in [1.82, 2.24) is 0 Å². The molecule has 0 aliphatic rings. The predicted molar refractivity (Wildman–Crippen MR) is 64.0 cm³/mol. The molecule has 0 heterocycles. The van der Waals surface area contributed by atoms with Crippen molar-refractivity contribution in [2.24, 2.45) is 0 Å². The van der Waals surface area contributed by atoms with Crippen LogP contribution in [0.3, 0.4) is 0 Å². The third-order valence-electron chi connectivity index (χ3n) is 2.20. The second-order valence-corrected chi connectivity index (χ2v) is 5.02. The number of aromatic hydroxyl groups is 2. The number of rotatable bonds is 3. The van der Waals surface area contributed by atoms with E-state index in [9.17, 15) is 18.6 Å². The lowest BCUT2D eigenvalue weighted by Gasteiger charge is -2.09. The Kier molecular flexibility index (Phi) is 3.12. The van der Waals surface area contributed by atoms with Gasteiger partial charge in [0, 0.05) is 0 Å². The first-order valence-electron chi connectivity index (χ1n) is 5.01. The average molecular weight is 266 g/mol. The molecule has 0 aliphatic carbocycles. The van der Waals surface area contributed by atoms with Crippen LogP contribution in [-0.2, 0) is 10.1 Å². The highest BCUT2D eigenvalue weighted by Crippen LogP contribution is 2.36. The van der Waals surface area contributed by atoms with E-state index < -0.39 is 27.4 Å². The van der Waals surface area contributed by atoms with Crippen molar-refractivity contribution in [3.63, 3.8) is 0 Å². The molecule has 5 nitrogen and oxygen atoms in total. The van der Waals surface area contributed by atoms with Crippen molar-refractivity contribution in [1.29, 1.82) is 0 Å². The fourth-order valence-corrected chi connectivity index (χ4v) is 2.32. The predicted octanol–water partition coefficient (Wildman–Crippen LogP) is 1.87. The molecule has 2 aromatic rings. The molecule has 0 unspecified atom stereocenters. The van der Waals surface area contributed by atoms with Gasteiger partial charge in [-0.05, 0) is 24.3 Å². The molecule has 0 bridgehead atoms. The summed E-state index contributed by atoms with van der Waals surface area (Å²) in [5, 5.41) is 18.9. The number of para-hydroxylation sites is 1. The maximum absolute atomic E-state index is 11.9. The summed E-state index contributed by atoms with van der Waals surface area (Å²) in [7, 11) is -4.08. The number of phenolic OH excluding ortho intramolecular Hbond substituents is 2. The molecule has 6 heteroatoms. The molecule has 2 aromatic carbocycles. The maximum Gasteiger partial charge on any atom is 0.339 e. The number of benzene rings is 2. The summed E-state index contributed by atoms with van der Waals surface area (Å²) < 4.78 is 28.4. The molecule has 0 spiro atoms. The highest BCUT2D eigenvalue weighted by Gasteiger charge is 2.20. The summed E-state index contributed by atoms with van der Waals surface area (Å²) in [5.74, 6) is -1.38. The first-order chi connectivity index (χ1) is 8.50. The van der Waals surface area contributed by atoms with Gasteiger partial charge in [-0.1, -0.05) is 24.3 Å². The van der Waals surface area contributed by atoms with Crippen molar-refractivity contribution in [3.05, 3.63) is 48.5 Å². The van der Waals surface area contributed by atoms with Gasteiger partial charge in [-0.3, -0.25) is 0 Å². The fraction of sp³-hybridized carbons (Fsp3) is 0. The molecule has 0 saturated carbocycles. The number of phenols is 2. The molecule has 18 heavy (non-hydrogen) atoms. The quantitative estimate of drug-likeness (QED) is 0.828. The zero-order valence-electron chi connectivity index (χ0n) is 9.15. The summed E-state index contributed by atoms with van der Waals surface area (Å²) in [4.78, 5) is -0.0624. The van der Waals surface area contributed by atoms with Gasteiger partial charge in [-0.25, -0.2) is 0 Å². The first kappa shape index (κ1) is 12.3. The summed E-state index contributed by atoms with van der Waals surface area (Å²) in [6.07, 6.45) is 0. The zero-order chi connectivity index (χ0) is 13.2. The van der Waals surface area contributed by atoms with Gasteiger partial charge >= 0.3 is 10.1 Å². The van der Waals surface area contributed by atoms with Crippen molar-refractivity contribution >= 4 is 10.1 Å². The standard InChI is InChI=1S/C12H10O5S/c13-10-7-4-8-11(14)12(10)17-18(15,16)9-5-2-1-3-6-9/h1-8,13-14H. The largest absolute Gasteiger partial charge is 0.504 e. The van der Waals surface area contributed by atoms with Crippen LogP contribution in [0.15, 0.2) is 53.4 Å². The molecule has 0 amide bonds. The first-order valence-corrected chi connectivity index (χ1v) is 6.42. The summed E-state index contributed by atoms with van der Waals surface area (Å²) in [5.41, 5.74) is 0. The van der Waals surface area contributed by atoms with Gasteiger partial charge in [-0.15, -0.1) is 0 Å². The Morgan fingerprint density at radius 3 is 1.94 bits per heavy atom. The third-order valence-corrected chi connectivity index (χ3v) is 3.43. The van der Waals surface area contributed by atoms with Gasteiger partial charge in [0.25, 0.3) is 0 Å². The third kappa shape index (κ3) is 2.38. The zero-order valence-corrected chi connectivity index (χ0v) is 9.96. The highest BCUT2D eigenvalue weighted by atomic mass is 32.2. The van der Waals surface area contributed by atoms with E-state index in [1.807, 2.05) is 0 Å². The Labute approximate surface area is 104 Å². The Bertz CT molecular complexity index is 629. The topological polar surface area (TPSA) is 83.8 Å². The van der Waals surface area contributed by atoms with Crippen LogP contribution >= 0.6 is 0 Å². The van der Waals surface area contributed by atoms with Gasteiger partial charge in [0.15, 0.2) is 11.5 Å². The van der Waals surface area contributed by atoms with Crippen LogP contribution in [0.1, 0.15) is 0 Å². The lowest BCUT2D eigenvalue weighted by molar-refractivity contribution is 0.395. The van der Waals surface area contributed by atoms with E-state index in [4.69, 9.17) is 4.18 Å². The summed E-state index contributed by atoms with van der Waals surface area (Å²) in [6.45, 7) is 0. The van der Waals surface area contributed by atoms with Gasteiger partial charge in [-0.2, -0.15) is 8.42 Å². The molecule has 94 valence electrons. The Balaban J connectivity index is 2.41. The number of hydrogen-bond donors (Lipinski definition) is 2. The molecule has 0 saturated heterocycles. The van der Waals surface area contributed by atoms with Crippen LogP contribution in [0.2, 0.25) is 0 Å². The second-order valence-electron chi connectivity index (χ2n) is 3.48. The lowest BCUT2D eigenvalue weighted by Crippen LogP contribution is -2.09. The van der Waals surface area contributed by atoms with E-state index in [1.165, 1.54) is 30.3 Å². The molecular formula is C12H10O5S. The van der Waals surface area contributed by atoms with E-state index in [0.29, 0.717) is 0 Å².